The normalized spacial score (nSPS) is 13.6. The number of nitrogens with zero attached hydrogens (tertiary/aromatic N) is 3. The summed E-state index contributed by atoms with van der Waals surface area (Å²) in [5, 5.41) is 2.22. The van der Waals surface area contributed by atoms with Crippen molar-refractivity contribution in [2.24, 2.45) is 0 Å². The van der Waals surface area contributed by atoms with Gasteiger partial charge in [0.25, 0.3) is 0 Å². The van der Waals surface area contributed by atoms with Gasteiger partial charge in [-0.15, -0.1) is 0 Å². The zero-order valence-corrected chi connectivity index (χ0v) is 26.7. The zero-order valence-electron chi connectivity index (χ0n) is 26.7. The van der Waals surface area contributed by atoms with Gasteiger partial charge in [-0.05, 0) is 80.6 Å². The molecular formula is C36H45N3O5. The van der Waals surface area contributed by atoms with E-state index in [1.165, 1.54) is 5.56 Å². The van der Waals surface area contributed by atoms with Crippen LogP contribution in [0.5, 0.6) is 28.7 Å². The van der Waals surface area contributed by atoms with E-state index < -0.39 is 0 Å². The molecule has 0 spiro atoms. The predicted octanol–water partition coefficient (Wildman–Crippen LogP) is 6.75. The van der Waals surface area contributed by atoms with Crippen molar-refractivity contribution in [3.8, 4) is 28.7 Å². The molecule has 0 bridgehead atoms. The first kappa shape index (κ1) is 31.3. The summed E-state index contributed by atoms with van der Waals surface area (Å²) in [5.41, 5.74) is 4.43. The minimum Gasteiger partial charge on any atom is -0.495 e. The second kappa shape index (κ2) is 15.0. The molecule has 8 nitrogen and oxygen atoms in total. The van der Waals surface area contributed by atoms with Crippen molar-refractivity contribution in [3.05, 3.63) is 77.6 Å². The van der Waals surface area contributed by atoms with Gasteiger partial charge in [0.2, 0.25) is 0 Å². The molecule has 0 unspecified atom stereocenters. The predicted molar refractivity (Wildman–Crippen MR) is 176 cm³/mol. The molecule has 0 aliphatic carbocycles. The van der Waals surface area contributed by atoms with Gasteiger partial charge in [-0.1, -0.05) is 18.2 Å². The van der Waals surface area contributed by atoms with Crippen molar-refractivity contribution in [3.63, 3.8) is 0 Å². The lowest BCUT2D eigenvalue weighted by Crippen LogP contribution is -2.46. The number of aromatic nitrogens is 1. The number of para-hydroxylation sites is 2. The largest absolute Gasteiger partial charge is 0.495 e. The number of methoxy groups -OCH3 is 1. The van der Waals surface area contributed by atoms with Crippen LogP contribution in [0.1, 0.15) is 44.5 Å². The number of anilines is 1. The SMILES string of the molecule is CCOc1ccc(Cc2ncc(CN3CCN(c4ccccc4OC)CC3)c3cc(OCC)c(OCC)cc23)cc1OCC. The maximum absolute atomic E-state index is 6.06. The van der Waals surface area contributed by atoms with Crippen LogP contribution in [0.4, 0.5) is 5.69 Å². The van der Waals surface area contributed by atoms with Crippen LogP contribution in [0.2, 0.25) is 0 Å². The maximum Gasteiger partial charge on any atom is 0.161 e. The van der Waals surface area contributed by atoms with Crippen LogP contribution in [-0.4, -0.2) is 69.6 Å². The second-order valence-corrected chi connectivity index (χ2v) is 10.7. The number of rotatable bonds is 14. The summed E-state index contributed by atoms with van der Waals surface area (Å²) in [6.45, 7) is 14.8. The minimum atomic E-state index is 0.557. The maximum atomic E-state index is 6.06. The summed E-state index contributed by atoms with van der Waals surface area (Å²) in [5.74, 6) is 3.95. The summed E-state index contributed by atoms with van der Waals surface area (Å²) in [4.78, 5) is 9.95. The second-order valence-electron chi connectivity index (χ2n) is 10.7. The van der Waals surface area contributed by atoms with Crippen molar-refractivity contribution in [2.75, 3.05) is 64.6 Å². The summed E-state index contributed by atoms with van der Waals surface area (Å²) in [7, 11) is 1.73. The zero-order chi connectivity index (χ0) is 30.9. The Hall–Kier alpha value is -4.17. The number of hydrogen-bond donors (Lipinski definition) is 0. The lowest BCUT2D eigenvalue weighted by atomic mass is 9.99. The molecule has 0 radical (unpaired) electrons. The van der Waals surface area contributed by atoms with Crippen LogP contribution in [0.3, 0.4) is 0 Å². The molecule has 3 aromatic carbocycles. The molecule has 0 atom stereocenters. The first-order valence-electron chi connectivity index (χ1n) is 15.8. The van der Waals surface area contributed by atoms with E-state index >= 15 is 0 Å². The van der Waals surface area contributed by atoms with E-state index in [1.54, 1.807) is 7.11 Å². The number of benzene rings is 3. The minimum absolute atomic E-state index is 0.557. The average Bonchev–Trinajstić information content (AvgIpc) is 3.04. The molecule has 44 heavy (non-hydrogen) atoms. The molecule has 1 aliphatic rings. The van der Waals surface area contributed by atoms with Crippen LogP contribution in [0, 0.1) is 0 Å². The Morgan fingerprint density at radius 1 is 0.659 bits per heavy atom. The van der Waals surface area contributed by atoms with Gasteiger partial charge in [0.05, 0.1) is 44.9 Å². The van der Waals surface area contributed by atoms with E-state index in [9.17, 15) is 0 Å². The number of fused-ring (bicyclic) bond motifs is 1. The molecule has 1 aromatic heterocycles. The number of piperazine rings is 1. The van der Waals surface area contributed by atoms with Crippen molar-refractivity contribution in [2.45, 2.75) is 40.7 Å². The summed E-state index contributed by atoms with van der Waals surface area (Å²) in [6.07, 6.45) is 2.69. The summed E-state index contributed by atoms with van der Waals surface area (Å²) < 4.78 is 29.4. The van der Waals surface area contributed by atoms with Gasteiger partial charge in [-0.3, -0.25) is 9.88 Å². The third-order valence-electron chi connectivity index (χ3n) is 7.89. The molecule has 0 amide bonds. The third kappa shape index (κ3) is 7.13. The smallest absolute Gasteiger partial charge is 0.161 e. The first-order valence-corrected chi connectivity index (χ1v) is 15.8. The molecular weight excluding hydrogens is 554 g/mol. The molecule has 2 heterocycles. The molecule has 8 heteroatoms. The monoisotopic (exact) mass is 599 g/mol. The molecule has 0 N–H and O–H groups in total. The van der Waals surface area contributed by atoms with Gasteiger partial charge >= 0.3 is 0 Å². The highest BCUT2D eigenvalue weighted by Crippen LogP contribution is 2.37. The lowest BCUT2D eigenvalue weighted by molar-refractivity contribution is 0.249. The van der Waals surface area contributed by atoms with Gasteiger partial charge in [-0.25, -0.2) is 0 Å². The van der Waals surface area contributed by atoms with Crippen molar-refractivity contribution >= 4 is 16.5 Å². The summed E-state index contributed by atoms with van der Waals surface area (Å²) in [6, 6.07) is 18.6. The Bertz CT molecular complexity index is 1530. The Kier molecular flexibility index (Phi) is 10.7. The molecule has 1 fully saturated rings. The molecule has 1 aliphatic heterocycles. The van der Waals surface area contributed by atoms with E-state index in [4.69, 9.17) is 28.7 Å². The van der Waals surface area contributed by atoms with Gasteiger partial charge in [0.1, 0.15) is 5.75 Å². The number of pyridine rings is 1. The van der Waals surface area contributed by atoms with Crippen molar-refractivity contribution < 1.29 is 23.7 Å². The summed E-state index contributed by atoms with van der Waals surface area (Å²) >= 11 is 0. The number of ether oxygens (including phenoxy) is 5. The van der Waals surface area contributed by atoms with Crippen LogP contribution < -0.4 is 28.6 Å². The first-order chi connectivity index (χ1) is 21.6. The Morgan fingerprint density at radius 3 is 1.93 bits per heavy atom. The van der Waals surface area contributed by atoms with Gasteiger partial charge in [0.15, 0.2) is 23.0 Å². The molecule has 0 saturated carbocycles. The van der Waals surface area contributed by atoms with E-state index in [-0.39, 0.29) is 0 Å². The standard InChI is InChI=1S/C36H45N3O5/c1-6-41-33-15-14-26(21-34(33)42-7-2)20-30-29-23-36(44-9-4)35(43-8-3)22-28(29)27(24-37-30)25-38-16-18-39(19-17-38)31-12-10-11-13-32(31)40-5/h10-15,21-24H,6-9,16-20,25H2,1-5H3. The molecule has 4 aromatic rings. The van der Waals surface area contributed by atoms with E-state index in [2.05, 4.69) is 46.2 Å². The van der Waals surface area contributed by atoms with E-state index in [0.29, 0.717) is 32.8 Å². The van der Waals surface area contributed by atoms with Gasteiger partial charge < -0.3 is 28.6 Å². The third-order valence-corrected chi connectivity index (χ3v) is 7.89. The Balaban J connectivity index is 1.45. The highest BCUT2D eigenvalue weighted by atomic mass is 16.5. The topological polar surface area (TPSA) is 65.5 Å². The van der Waals surface area contributed by atoms with Crippen LogP contribution in [-0.2, 0) is 13.0 Å². The van der Waals surface area contributed by atoms with Crippen molar-refractivity contribution in [1.82, 2.24) is 9.88 Å². The fourth-order valence-electron chi connectivity index (χ4n) is 5.84. The fourth-order valence-corrected chi connectivity index (χ4v) is 5.84. The van der Waals surface area contributed by atoms with Crippen LogP contribution in [0.25, 0.3) is 10.8 Å². The van der Waals surface area contributed by atoms with E-state index in [0.717, 1.165) is 89.2 Å². The lowest BCUT2D eigenvalue weighted by Gasteiger charge is -2.36. The number of hydrogen-bond acceptors (Lipinski definition) is 8. The Labute approximate surface area is 261 Å². The van der Waals surface area contributed by atoms with Gasteiger partial charge in [0, 0.05) is 50.7 Å². The quantitative estimate of drug-likeness (QED) is 0.158. The van der Waals surface area contributed by atoms with Crippen LogP contribution in [0.15, 0.2) is 60.8 Å². The molecule has 234 valence electrons. The highest BCUT2D eigenvalue weighted by Gasteiger charge is 2.22. The van der Waals surface area contributed by atoms with Gasteiger partial charge in [-0.2, -0.15) is 0 Å². The van der Waals surface area contributed by atoms with Crippen LogP contribution >= 0.6 is 0 Å². The molecule has 5 rings (SSSR count). The average molecular weight is 600 g/mol. The highest BCUT2D eigenvalue weighted by molar-refractivity contribution is 5.91. The van der Waals surface area contributed by atoms with E-state index in [1.807, 2.05) is 52.1 Å². The van der Waals surface area contributed by atoms with Crippen molar-refractivity contribution in [1.29, 1.82) is 0 Å². The Morgan fingerprint density at radius 2 is 1.27 bits per heavy atom. The fraction of sp³-hybridized carbons (Fsp3) is 0.417. The molecule has 1 saturated heterocycles.